The van der Waals surface area contributed by atoms with E-state index in [2.05, 4.69) is 20.9 Å². The Morgan fingerprint density at radius 3 is 2.39 bits per heavy atom. The van der Waals surface area contributed by atoms with Crippen LogP contribution in [0.2, 0.25) is 10.0 Å². The summed E-state index contributed by atoms with van der Waals surface area (Å²) in [4.78, 5) is 31.8. The van der Waals surface area contributed by atoms with Crippen LogP contribution in [0.3, 0.4) is 0 Å². The molecule has 3 aromatic rings. The SMILES string of the molecule is C[C@@]1(Cc2ccc(Br)cc2)C(=O)N(c2cc(Cl)cc(Cl)c2)c2ncc(S(=O)(=O)N3CCCC(=O)C3)n21. The number of imidazole rings is 1. The van der Waals surface area contributed by atoms with Gasteiger partial charge >= 0.3 is 0 Å². The van der Waals surface area contributed by atoms with Crippen LogP contribution in [0.5, 0.6) is 0 Å². The molecule has 5 rings (SSSR count). The first-order chi connectivity index (χ1) is 17.0. The molecule has 1 amide bonds. The van der Waals surface area contributed by atoms with Crippen LogP contribution >= 0.6 is 39.1 Å². The molecule has 1 atom stereocenters. The van der Waals surface area contributed by atoms with Gasteiger partial charge in [-0.05, 0) is 49.2 Å². The lowest BCUT2D eigenvalue weighted by Gasteiger charge is -2.29. The Morgan fingerprint density at radius 2 is 1.75 bits per heavy atom. The van der Waals surface area contributed by atoms with Crippen LogP contribution < -0.4 is 4.90 Å². The summed E-state index contributed by atoms with van der Waals surface area (Å²) in [5.74, 6) is -0.382. The number of nitrogens with zero attached hydrogens (tertiary/aromatic N) is 4. The zero-order valence-corrected chi connectivity index (χ0v) is 23.0. The second-order valence-electron chi connectivity index (χ2n) is 9.06. The lowest BCUT2D eigenvalue weighted by molar-refractivity contribution is -0.124. The highest BCUT2D eigenvalue weighted by Gasteiger charge is 2.52. The van der Waals surface area contributed by atoms with Crippen molar-refractivity contribution < 1.29 is 18.0 Å². The lowest BCUT2D eigenvalue weighted by atomic mass is 9.92. The van der Waals surface area contributed by atoms with Crippen molar-refractivity contribution >= 4 is 72.5 Å². The number of piperidine rings is 1. The third-order valence-electron chi connectivity index (χ3n) is 6.46. The van der Waals surface area contributed by atoms with E-state index in [0.717, 1.165) is 14.3 Å². The van der Waals surface area contributed by atoms with Crippen LogP contribution in [0.15, 0.2) is 58.2 Å². The first-order valence-electron chi connectivity index (χ1n) is 11.2. The number of aromatic nitrogens is 2. The number of benzene rings is 2. The summed E-state index contributed by atoms with van der Waals surface area (Å²) < 4.78 is 31.0. The van der Waals surface area contributed by atoms with E-state index < -0.39 is 15.6 Å². The molecule has 2 aliphatic rings. The molecule has 2 aromatic carbocycles. The second kappa shape index (κ2) is 9.25. The predicted octanol–water partition coefficient (Wildman–Crippen LogP) is 4.94. The number of amides is 1. The van der Waals surface area contributed by atoms with E-state index in [1.165, 1.54) is 15.7 Å². The van der Waals surface area contributed by atoms with Crippen LogP contribution in [0.25, 0.3) is 0 Å². The summed E-state index contributed by atoms with van der Waals surface area (Å²) in [5, 5.41) is 0.505. The molecule has 1 aromatic heterocycles. The number of rotatable bonds is 5. The Kier molecular flexibility index (Phi) is 6.53. The first kappa shape index (κ1) is 25.4. The summed E-state index contributed by atoms with van der Waals surface area (Å²) >= 11 is 15.9. The molecule has 3 heterocycles. The molecular weight excluding hydrogens is 591 g/mol. The molecule has 0 spiro atoms. The summed E-state index contributed by atoms with van der Waals surface area (Å²) in [6.07, 6.45) is 2.24. The van der Waals surface area contributed by atoms with E-state index >= 15 is 0 Å². The van der Waals surface area contributed by atoms with Gasteiger partial charge < -0.3 is 0 Å². The number of anilines is 2. The van der Waals surface area contributed by atoms with Gasteiger partial charge in [-0.15, -0.1) is 0 Å². The minimum absolute atomic E-state index is 0.139. The van der Waals surface area contributed by atoms with E-state index in [1.54, 1.807) is 25.1 Å². The van der Waals surface area contributed by atoms with Gasteiger partial charge in [-0.2, -0.15) is 4.31 Å². The third kappa shape index (κ3) is 4.28. The van der Waals surface area contributed by atoms with Gasteiger partial charge in [0.15, 0.2) is 5.03 Å². The van der Waals surface area contributed by atoms with E-state index in [9.17, 15) is 18.0 Å². The number of carbonyl (C=O) groups is 2. The standard InChI is InChI=1S/C24H21BrCl2N4O4S/c1-24(12-15-4-6-16(25)7-5-15)22(33)30(19-10-17(26)9-18(27)11-19)23-28-13-21(31(23)24)36(34,35)29-8-2-3-20(32)14-29/h4-7,9-11,13H,2-3,8,12,14H2,1H3/t24-/m1/s1. The fourth-order valence-corrected chi connectivity index (χ4v) is 7.18. The number of Topliss-reactive ketones (excluding diaryl/α,β-unsaturated/α-hetero) is 1. The molecule has 1 saturated heterocycles. The van der Waals surface area contributed by atoms with Crippen molar-refractivity contribution in [2.24, 2.45) is 0 Å². The van der Waals surface area contributed by atoms with Crippen molar-refractivity contribution in [3.8, 4) is 0 Å². The number of sulfonamides is 1. The van der Waals surface area contributed by atoms with Gasteiger partial charge in [0.1, 0.15) is 11.3 Å². The van der Waals surface area contributed by atoms with Crippen molar-refractivity contribution in [3.05, 3.63) is 68.7 Å². The topological polar surface area (TPSA) is 92.6 Å². The maximum Gasteiger partial charge on any atom is 0.260 e. The highest BCUT2D eigenvalue weighted by Crippen LogP contribution is 2.45. The second-order valence-corrected chi connectivity index (χ2v) is 12.7. The maximum absolute atomic E-state index is 14.1. The van der Waals surface area contributed by atoms with E-state index in [0.29, 0.717) is 28.6 Å². The maximum atomic E-state index is 14.1. The van der Waals surface area contributed by atoms with Gasteiger partial charge in [0.25, 0.3) is 15.9 Å². The Bertz CT molecular complexity index is 1470. The fourth-order valence-electron chi connectivity index (χ4n) is 4.76. The molecule has 0 radical (unpaired) electrons. The zero-order valence-electron chi connectivity index (χ0n) is 19.1. The molecule has 8 nitrogen and oxygen atoms in total. The van der Waals surface area contributed by atoms with Crippen LogP contribution in [0.1, 0.15) is 25.3 Å². The molecular formula is C24H21BrCl2N4O4S. The third-order valence-corrected chi connectivity index (χ3v) is 9.23. The van der Waals surface area contributed by atoms with Gasteiger partial charge in [-0.3, -0.25) is 14.2 Å². The van der Waals surface area contributed by atoms with Crippen LogP contribution in [-0.4, -0.2) is 47.1 Å². The van der Waals surface area contributed by atoms with Gasteiger partial charge in [-0.1, -0.05) is 51.3 Å². The molecule has 188 valence electrons. The minimum atomic E-state index is -4.12. The number of carbonyl (C=O) groups excluding carboxylic acids is 2. The molecule has 36 heavy (non-hydrogen) atoms. The summed E-state index contributed by atoms with van der Waals surface area (Å²) in [5.41, 5.74) is -0.131. The number of hydrogen-bond acceptors (Lipinski definition) is 5. The molecule has 2 aliphatic heterocycles. The van der Waals surface area contributed by atoms with Crippen LogP contribution in [0.4, 0.5) is 11.6 Å². The summed E-state index contributed by atoms with van der Waals surface area (Å²) in [6.45, 7) is 1.71. The molecule has 0 aliphatic carbocycles. The van der Waals surface area contributed by atoms with Gasteiger partial charge in [0, 0.05) is 33.9 Å². The van der Waals surface area contributed by atoms with Crippen molar-refractivity contribution in [3.63, 3.8) is 0 Å². The quantitative estimate of drug-likeness (QED) is 0.407. The van der Waals surface area contributed by atoms with Gasteiger partial charge in [-0.25, -0.2) is 18.3 Å². The van der Waals surface area contributed by atoms with Gasteiger partial charge in [0.2, 0.25) is 5.95 Å². The lowest BCUT2D eigenvalue weighted by Crippen LogP contribution is -2.44. The minimum Gasteiger partial charge on any atom is -0.298 e. The highest BCUT2D eigenvalue weighted by molar-refractivity contribution is 9.10. The van der Waals surface area contributed by atoms with Crippen molar-refractivity contribution in [1.82, 2.24) is 13.9 Å². The van der Waals surface area contributed by atoms with Crippen LogP contribution in [-0.2, 0) is 31.6 Å². The number of ketones is 1. The van der Waals surface area contributed by atoms with Crippen molar-refractivity contribution in [2.75, 3.05) is 18.0 Å². The normalized spacial score (nSPS) is 20.7. The Balaban J connectivity index is 1.68. The molecule has 0 unspecified atom stereocenters. The molecule has 0 bridgehead atoms. The number of fused-ring (bicyclic) bond motifs is 1. The van der Waals surface area contributed by atoms with E-state index in [1.807, 2.05) is 24.3 Å². The average molecular weight is 612 g/mol. The van der Waals surface area contributed by atoms with E-state index in [-0.39, 0.29) is 42.2 Å². The Morgan fingerprint density at radius 1 is 1.08 bits per heavy atom. The van der Waals surface area contributed by atoms with Crippen molar-refractivity contribution in [1.29, 1.82) is 0 Å². The largest absolute Gasteiger partial charge is 0.298 e. The zero-order chi connectivity index (χ0) is 25.8. The van der Waals surface area contributed by atoms with Crippen molar-refractivity contribution in [2.45, 2.75) is 36.8 Å². The highest BCUT2D eigenvalue weighted by atomic mass is 79.9. The first-order valence-corrected chi connectivity index (χ1v) is 14.1. The Hall–Kier alpha value is -2.24. The molecule has 0 saturated carbocycles. The molecule has 0 N–H and O–H groups in total. The predicted molar refractivity (Wildman–Crippen MR) is 140 cm³/mol. The molecule has 1 fully saturated rings. The summed E-state index contributed by atoms with van der Waals surface area (Å²) in [6, 6.07) is 12.2. The molecule has 12 heteroatoms. The number of halogens is 3. The fraction of sp³-hybridized carbons (Fsp3) is 0.292. The van der Waals surface area contributed by atoms with E-state index in [4.69, 9.17) is 23.2 Å². The Labute approximate surface area is 227 Å². The monoisotopic (exact) mass is 610 g/mol. The smallest absolute Gasteiger partial charge is 0.260 e. The van der Waals surface area contributed by atoms with Crippen LogP contribution in [0, 0.1) is 0 Å². The summed E-state index contributed by atoms with van der Waals surface area (Å²) in [7, 11) is -4.12. The average Bonchev–Trinajstić information content (AvgIpc) is 3.34. The number of hydrogen-bond donors (Lipinski definition) is 0. The van der Waals surface area contributed by atoms with Gasteiger partial charge in [0.05, 0.1) is 18.4 Å².